The van der Waals surface area contributed by atoms with Crippen LogP contribution in [0.25, 0.3) is 0 Å². The van der Waals surface area contributed by atoms with Crippen LogP contribution in [0.3, 0.4) is 0 Å². The minimum Gasteiger partial charge on any atom is -0.0561 e. The van der Waals surface area contributed by atoms with E-state index in [1.807, 2.05) is 0 Å². The first kappa shape index (κ1) is 9.76. The van der Waals surface area contributed by atoms with Gasteiger partial charge in [-0.1, -0.05) is 45.4 Å². The van der Waals surface area contributed by atoms with Gasteiger partial charge in [-0.2, -0.15) is 0 Å². The third kappa shape index (κ3) is 1.84. The van der Waals surface area contributed by atoms with Crippen molar-refractivity contribution in [2.24, 2.45) is 0 Å². The summed E-state index contributed by atoms with van der Waals surface area (Å²) in [6.07, 6.45) is 4.16. The Hall–Kier alpha value is -0.780. The van der Waals surface area contributed by atoms with E-state index in [1.54, 1.807) is 0 Å². The van der Waals surface area contributed by atoms with Crippen molar-refractivity contribution in [3.05, 3.63) is 35.4 Å². The molecule has 1 radical (unpaired) electrons. The fraction of sp³-hybridized carbons (Fsp3) is 0.571. The summed E-state index contributed by atoms with van der Waals surface area (Å²) < 4.78 is 0. The van der Waals surface area contributed by atoms with Crippen molar-refractivity contribution < 1.29 is 0 Å². The number of rotatable bonds is 1. The molecule has 0 heterocycles. The van der Waals surface area contributed by atoms with E-state index in [9.17, 15) is 0 Å². The molecule has 0 atom stereocenters. The minimum atomic E-state index is 0.260. The smallest absolute Gasteiger partial charge is 0.0132 e. The molecule has 0 spiro atoms. The molecule has 1 saturated carbocycles. The molecule has 0 heteroatoms. The summed E-state index contributed by atoms with van der Waals surface area (Å²) in [5, 5.41) is 0. The van der Waals surface area contributed by atoms with Gasteiger partial charge in [0.05, 0.1) is 0 Å². The van der Waals surface area contributed by atoms with Crippen LogP contribution >= 0.6 is 0 Å². The first-order valence-corrected chi connectivity index (χ1v) is 5.59. The second-order valence-corrected chi connectivity index (χ2v) is 5.43. The number of benzene rings is 1. The highest BCUT2D eigenvalue weighted by Crippen LogP contribution is 2.37. The van der Waals surface area contributed by atoms with E-state index in [0.717, 1.165) is 5.92 Å². The van der Waals surface area contributed by atoms with E-state index in [0.29, 0.717) is 0 Å². The van der Waals surface area contributed by atoms with Gasteiger partial charge in [-0.15, -0.1) is 0 Å². The van der Waals surface area contributed by atoms with E-state index >= 15 is 0 Å². The summed E-state index contributed by atoms with van der Waals surface area (Å²) in [5.74, 6) is 0.827. The van der Waals surface area contributed by atoms with Crippen LogP contribution in [0.4, 0.5) is 0 Å². The number of hydrogen-bond donors (Lipinski definition) is 0. The second kappa shape index (κ2) is 3.42. The van der Waals surface area contributed by atoms with Gasteiger partial charge in [-0.3, -0.25) is 0 Å². The second-order valence-electron chi connectivity index (χ2n) is 5.43. The van der Waals surface area contributed by atoms with Crippen LogP contribution in [0.5, 0.6) is 0 Å². The van der Waals surface area contributed by atoms with Gasteiger partial charge in [0.15, 0.2) is 0 Å². The van der Waals surface area contributed by atoms with Gasteiger partial charge in [0.25, 0.3) is 0 Å². The molecule has 0 N–H and O–H groups in total. The average Bonchev–Trinajstić information content (AvgIpc) is 2.00. The topological polar surface area (TPSA) is 0 Å². The van der Waals surface area contributed by atoms with Crippen molar-refractivity contribution in [1.82, 2.24) is 0 Å². The molecule has 0 amide bonds. The van der Waals surface area contributed by atoms with Crippen LogP contribution in [0.1, 0.15) is 57.1 Å². The first-order valence-electron chi connectivity index (χ1n) is 5.59. The zero-order chi connectivity index (χ0) is 10.2. The molecule has 1 aromatic carbocycles. The predicted molar refractivity (Wildman–Crippen MR) is 60.6 cm³/mol. The lowest BCUT2D eigenvalue weighted by Crippen LogP contribution is -2.14. The average molecular weight is 187 g/mol. The fourth-order valence-electron chi connectivity index (χ4n) is 1.90. The standard InChI is InChI=1S/C14H19/c1-14(2,3)13-9-5-8-12(10-13)11-6-4-7-11/h8-11H,4,6-7H2,1-3H3. The van der Waals surface area contributed by atoms with Gasteiger partial charge in [-0.25, -0.2) is 0 Å². The zero-order valence-corrected chi connectivity index (χ0v) is 9.43. The summed E-state index contributed by atoms with van der Waals surface area (Å²) in [6, 6.07) is 9.95. The molecule has 14 heavy (non-hydrogen) atoms. The monoisotopic (exact) mass is 187 g/mol. The van der Waals surface area contributed by atoms with Crippen LogP contribution < -0.4 is 0 Å². The SMILES string of the molecule is CC(C)(C)c1c[c]cc(C2CCC2)c1. The Morgan fingerprint density at radius 1 is 1.21 bits per heavy atom. The molecule has 2 rings (SSSR count). The first-order chi connectivity index (χ1) is 6.57. The van der Waals surface area contributed by atoms with Crippen molar-refractivity contribution >= 4 is 0 Å². The highest BCUT2D eigenvalue weighted by molar-refractivity contribution is 5.30. The molecule has 0 nitrogen and oxygen atoms in total. The lowest BCUT2D eigenvalue weighted by Gasteiger charge is -2.28. The van der Waals surface area contributed by atoms with Gasteiger partial charge in [0.1, 0.15) is 0 Å². The highest BCUT2D eigenvalue weighted by atomic mass is 14.3. The lowest BCUT2D eigenvalue weighted by molar-refractivity contribution is 0.418. The Morgan fingerprint density at radius 3 is 2.43 bits per heavy atom. The Labute approximate surface area is 87.3 Å². The van der Waals surface area contributed by atoms with Gasteiger partial charge in [-0.05, 0) is 41.4 Å². The van der Waals surface area contributed by atoms with E-state index in [1.165, 1.54) is 30.4 Å². The predicted octanol–water partition coefficient (Wildman–Crippen LogP) is 4.05. The van der Waals surface area contributed by atoms with Crippen LogP contribution in [0.2, 0.25) is 0 Å². The van der Waals surface area contributed by atoms with Crippen molar-refractivity contribution in [2.75, 3.05) is 0 Å². The van der Waals surface area contributed by atoms with Gasteiger partial charge < -0.3 is 0 Å². The van der Waals surface area contributed by atoms with Crippen molar-refractivity contribution in [3.8, 4) is 0 Å². The Balaban J connectivity index is 2.26. The quantitative estimate of drug-likeness (QED) is 0.622. The summed E-state index contributed by atoms with van der Waals surface area (Å²) in [7, 11) is 0. The third-order valence-corrected chi connectivity index (χ3v) is 3.25. The molecule has 0 saturated heterocycles. The largest absolute Gasteiger partial charge is 0.0561 e. The zero-order valence-electron chi connectivity index (χ0n) is 9.43. The van der Waals surface area contributed by atoms with Gasteiger partial charge in [0.2, 0.25) is 0 Å². The maximum atomic E-state index is 3.29. The molecule has 0 unspecified atom stereocenters. The molecule has 0 aliphatic heterocycles. The molecule has 1 fully saturated rings. The molecule has 1 aliphatic rings. The summed E-state index contributed by atoms with van der Waals surface area (Å²) in [5.41, 5.74) is 3.18. The summed E-state index contributed by atoms with van der Waals surface area (Å²) in [4.78, 5) is 0. The van der Waals surface area contributed by atoms with Crippen LogP contribution in [0, 0.1) is 6.07 Å². The summed E-state index contributed by atoms with van der Waals surface area (Å²) in [6.45, 7) is 6.79. The van der Waals surface area contributed by atoms with E-state index in [2.05, 4.69) is 45.0 Å². The van der Waals surface area contributed by atoms with Gasteiger partial charge in [0, 0.05) is 0 Å². The van der Waals surface area contributed by atoms with Crippen LogP contribution in [0.15, 0.2) is 18.2 Å². The molecule has 1 aromatic rings. The van der Waals surface area contributed by atoms with E-state index in [-0.39, 0.29) is 5.41 Å². The Morgan fingerprint density at radius 2 is 1.93 bits per heavy atom. The third-order valence-electron chi connectivity index (χ3n) is 3.25. The summed E-state index contributed by atoms with van der Waals surface area (Å²) >= 11 is 0. The maximum Gasteiger partial charge on any atom is -0.0132 e. The molecule has 1 aliphatic carbocycles. The van der Waals surface area contributed by atoms with E-state index < -0.39 is 0 Å². The maximum absolute atomic E-state index is 3.29. The Bertz CT molecular complexity index is 313. The van der Waals surface area contributed by atoms with Crippen molar-refractivity contribution in [2.45, 2.75) is 51.4 Å². The molecular formula is C14H19. The molecular weight excluding hydrogens is 168 g/mol. The molecule has 75 valence electrons. The minimum absolute atomic E-state index is 0.260. The fourth-order valence-corrected chi connectivity index (χ4v) is 1.90. The van der Waals surface area contributed by atoms with Crippen LogP contribution in [-0.4, -0.2) is 0 Å². The number of hydrogen-bond acceptors (Lipinski definition) is 0. The Kier molecular flexibility index (Phi) is 2.38. The van der Waals surface area contributed by atoms with Gasteiger partial charge >= 0.3 is 0 Å². The lowest BCUT2D eigenvalue weighted by atomic mass is 9.77. The van der Waals surface area contributed by atoms with E-state index in [4.69, 9.17) is 0 Å². The molecule has 0 bridgehead atoms. The van der Waals surface area contributed by atoms with Crippen molar-refractivity contribution in [3.63, 3.8) is 0 Å². The van der Waals surface area contributed by atoms with Crippen molar-refractivity contribution in [1.29, 1.82) is 0 Å². The van der Waals surface area contributed by atoms with Crippen LogP contribution in [-0.2, 0) is 5.41 Å². The molecule has 0 aromatic heterocycles. The normalized spacial score (nSPS) is 17.9. The highest BCUT2D eigenvalue weighted by Gasteiger charge is 2.21.